The molecule has 9 heteroatoms. The van der Waals surface area contributed by atoms with Crippen LogP contribution in [0.2, 0.25) is 0 Å². The van der Waals surface area contributed by atoms with Gasteiger partial charge in [0, 0.05) is 0 Å². The summed E-state index contributed by atoms with van der Waals surface area (Å²) in [4.78, 5) is 44.3. The number of aromatic nitrogens is 1. The Hall–Kier alpha value is -3.72. The van der Waals surface area contributed by atoms with Crippen molar-refractivity contribution in [1.29, 1.82) is 0 Å². The van der Waals surface area contributed by atoms with E-state index >= 15 is 0 Å². The van der Waals surface area contributed by atoms with E-state index in [9.17, 15) is 19.5 Å². The van der Waals surface area contributed by atoms with E-state index in [4.69, 9.17) is 9.15 Å². The minimum absolute atomic E-state index is 0.0152. The third-order valence-corrected chi connectivity index (χ3v) is 6.31. The third-order valence-electron chi connectivity index (χ3n) is 5.17. The van der Waals surface area contributed by atoms with Crippen molar-refractivity contribution < 1.29 is 28.6 Å². The lowest BCUT2D eigenvalue weighted by Gasteiger charge is -2.24. The van der Waals surface area contributed by atoms with Gasteiger partial charge in [-0.25, -0.2) is 9.78 Å². The Morgan fingerprint density at radius 3 is 2.41 bits per heavy atom. The average Bonchev–Trinajstić information content (AvgIpc) is 3.44. The third kappa shape index (κ3) is 3.50. The molecule has 2 aromatic heterocycles. The van der Waals surface area contributed by atoms with E-state index in [0.717, 1.165) is 16.9 Å². The quantitative estimate of drug-likeness (QED) is 0.456. The fourth-order valence-corrected chi connectivity index (χ4v) is 4.57. The van der Waals surface area contributed by atoms with Crippen LogP contribution in [0.5, 0.6) is 0 Å². The lowest BCUT2D eigenvalue weighted by Crippen LogP contribution is -2.31. The Balaban J connectivity index is 1.87. The molecule has 0 radical (unpaired) electrons. The number of aliphatic hydroxyl groups is 1. The number of rotatable bonds is 5. The zero-order chi connectivity index (χ0) is 23.2. The van der Waals surface area contributed by atoms with Gasteiger partial charge < -0.3 is 14.3 Å². The van der Waals surface area contributed by atoms with Crippen LogP contribution in [-0.4, -0.2) is 34.9 Å². The second-order valence-electron chi connectivity index (χ2n) is 7.39. The van der Waals surface area contributed by atoms with Gasteiger partial charge in [-0.15, -0.1) is 0 Å². The lowest BCUT2D eigenvalue weighted by molar-refractivity contribution is -0.117. The molecule has 4 rings (SSSR count). The van der Waals surface area contributed by atoms with E-state index < -0.39 is 29.5 Å². The molecule has 0 saturated heterocycles. The summed E-state index contributed by atoms with van der Waals surface area (Å²) in [6, 6.07) is 9.44. The molecule has 1 aromatic carbocycles. The van der Waals surface area contributed by atoms with E-state index in [0.29, 0.717) is 17.0 Å². The minimum Gasteiger partial charge on any atom is -0.503 e. The van der Waals surface area contributed by atoms with Crippen LogP contribution in [0.15, 0.2) is 52.1 Å². The smallest absolute Gasteiger partial charge is 0.350 e. The molecule has 0 fully saturated rings. The first-order valence-electron chi connectivity index (χ1n) is 9.73. The summed E-state index contributed by atoms with van der Waals surface area (Å²) < 4.78 is 10.2. The summed E-state index contributed by atoms with van der Waals surface area (Å²) in [7, 11) is 1.26. The maximum Gasteiger partial charge on any atom is 0.350 e. The number of benzene rings is 1. The van der Waals surface area contributed by atoms with Gasteiger partial charge in [0.15, 0.2) is 16.7 Å². The molecule has 8 nitrogen and oxygen atoms in total. The van der Waals surface area contributed by atoms with Crippen LogP contribution >= 0.6 is 11.3 Å². The van der Waals surface area contributed by atoms with Crippen LogP contribution in [0, 0.1) is 20.8 Å². The minimum atomic E-state index is -0.947. The zero-order valence-corrected chi connectivity index (χ0v) is 18.6. The van der Waals surface area contributed by atoms with Crippen LogP contribution < -0.4 is 4.90 Å². The Kier molecular flexibility index (Phi) is 5.43. The predicted octanol–water partition coefficient (Wildman–Crippen LogP) is 4.23. The molecule has 164 valence electrons. The molecule has 3 aromatic rings. The standard InChI is InChI=1S/C23H20N2O6S/c1-11-5-8-14(9-6-11)17-16(18(26)15-10-7-12(2)31-15)19(27)21(28)25(17)23-24-13(3)20(32-23)22(29)30-4/h5-10,17,27H,1-4H3. The second kappa shape index (κ2) is 8.08. The van der Waals surface area contributed by atoms with Gasteiger partial charge in [0.1, 0.15) is 10.6 Å². The van der Waals surface area contributed by atoms with Crippen LogP contribution in [0.25, 0.3) is 0 Å². The number of furan rings is 1. The highest BCUT2D eigenvalue weighted by Crippen LogP contribution is 2.43. The Morgan fingerprint density at radius 1 is 1.12 bits per heavy atom. The first-order valence-corrected chi connectivity index (χ1v) is 10.5. The fraction of sp³-hybridized carbons (Fsp3) is 0.217. The van der Waals surface area contributed by atoms with Crippen molar-refractivity contribution in [2.45, 2.75) is 26.8 Å². The van der Waals surface area contributed by atoms with Crippen molar-refractivity contribution in [2.24, 2.45) is 0 Å². The van der Waals surface area contributed by atoms with Crippen molar-refractivity contribution in [3.63, 3.8) is 0 Å². The van der Waals surface area contributed by atoms with Gasteiger partial charge in [-0.05, 0) is 38.5 Å². The van der Waals surface area contributed by atoms with Gasteiger partial charge in [-0.3, -0.25) is 14.5 Å². The van der Waals surface area contributed by atoms with E-state index in [-0.39, 0.29) is 21.3 Å². The Morgan fingerprint density at radius 2 is 1.81 bits per heavy atom. The number of Topliss-reactive ketones (excluding diaryl/α,β-unsaturated/α-hetero) is 1. The van der Waals surface area contributed by atoms with E-state index in [1.165, 1.54) is 18.1 Å². The number of hydrogen-bond acceptors (Lipinski definition) is 8. The van der Waals surface area contributed by atoms with E-state index in [2.05, 4.69) is 4.98 Å². The summed E-state index contributed by atoms with van der Waals surface area (Å²) in [5, 5.41) is 10.9. The summed E-state index contributed by atoms with van der Waals surface area (Å²) >= 11 is 0.957. The molecule has 32 heavy (non-hydrogen) atoms. The number of aliphatic hydroxyl groups excluding tert-OH is 1. The number of ketones is 1. The number of aryl methyl sites for hydroxylation is 3. The molecule has 1 amide bonds. The number of hydrogen-bond donors (Lipinski definition) is 1. The van der Waals surface area contributed by atoms with Gasteiger partial charge in [-0.2, -0.15) is 0 Å². The highest BCUT2D eigenvalue weighted by molar-refractivity contribution is 7.17. The van der Waals surface area contributed by atoms with Crippen molar-refractivity contribution in [1.82, 2.24) is 4.98 Å². The number of methoxy groups -OCH3 is 1. The van der Waals surface area contributed by atoms with Crippen LogP contribution in [0.4, 0.5) is 5.13 Å². The van der Waals surface area contributed by atoms with Gasteiger partial charge in [0.25, 0.3) is 5.91 Å². The SMILES string of the molecule is COC(=O)c1sc(N2C(=O)C(O)=C(C(=O)c3ccc(C)o3)C2c2ccc(C)cc2)nc1C. The maximum absolute atomic E-state index is 13.3. The Labute approximate surface area is 187 Å². The van der Waals surface area contributed by atoms with Gasteiger partial charge in [0.2, 0.25) is 5.78 Å². The number of carbonyl (C=O) groups excluding carboxylic acids is 3. The van der Waals surface area contributed by atoms with Gasteiger partial charge >= 0.3 is 5.97 Å². The fourth-order valence-electron chi connectivity index (χ4n) is 3.56. The summed E-state index contributed by atoms with van der Waals surface area (Å²) in [6.45, 7) is 5.24. The van der Waals surface area contributed by atoms with Crippen molar-refractivity contribution >= 4 is 34.1 Å². The molecule has 1 aliphatic rings. The molecular weight excluding hydrogens is 432 g/mol. The largest absolute Gasteiger partial charge is 0.503 e. The number of amides is 1. The average molecular weight is 452 g/mol. The highest BCUT2D eigenvalue weighted by Gasteiger charge is 2.46. The maximum atomic E-state index is 13.3. The second-order valence-corrected chi connectivity index (χ2v) is 8.37. The molecule has 1 aliphatic heterocycles. The lowest BCUT2D eigenvalue weighted by atomic mass is 9.94. The van der Waals surface area contributed by atoms with Crippen LogP contribution in [0.3, 0.4) is 0 Å². The molecule has 1 N–H and O–H groups in total. The monoisotopic (exact) mass is 452 g/mol. The van der Waals surface area contributed by atoms with E-state index in [1.54, 1.807) is 32.0 Å². The van der Waals surface area contributed by atoms with Crippen molar-refractivity contribution in [3.05, 3.63) is 80.9 Å². The first-order chi connectivity index (χ1) is 15.2. The van der Waals surface area contributed by atoms with Gasteiger partial charge in [0.05, 0.1) is 24.4 Å². The summed E-state index contributed by atoms with van der Waals surface area (Å²) in [5.74, 6) is -2.10. The van der Waals surface area contributed by atoms with Crippen LogP contribution in [0.1, 0.15) is 48.8 Å². The normalized spacial score (nSPS) is 16.1. The molecule has 0 bridgehead atoms. The predicted molar refractivity (Wildman–Crippen MR) is 117 cm³/mol. The molecular formula is C23H20N2O6S. The molecule has 1 atom stereocenters. The number of esters is 1. The zero-order valence-electron chi connectivity index (χ0n) is 17.8. The first kappa shape index (κ1) is 21.5. The number of nitrogens with zero attached hydrogens (tertiary/aromatic N) is 2. The molecule has 1 unspecified atom stereocenters. The molecule has 0 spiro atoms. The van der Waals surface area contributed by atoms with Crippen molar-refractivity contribution in [3.8, 4) is 0 Å². The Bertz CT molecular complexity index is 1270. The molecule has 3 heterocycles. The summed E-state index contributed by atoms with van der Waals surface area (Å²) in [6.07, 6.45) is 0. The van der Waals surface area contributed by atoms with Gasteiger partial charge in [-0.1, -0.05) is 41.2 Å². The molecule has 0 saturated carbocycles. The number of carbonyl (C=O) groups is 3. The topological polar surface area (TPSA) is 110 Å². The van der Waals surface area contributed by atoms with Crippen LogP contribution in [-0.2, 0) is 9.53 Å². The number of thiazole rings is 1. The van der Waals surface area contributed by atoms with E-state index in [1.807, 2.05) is 19.1 Å². The number of anilines is 1. The summed E-state index contributed by atoms with van der Waals surface area (Å²) in [5.41, 5.74) is 1.87. The molecule has 0 aliphatic carbocycles. The highest BCUT2D eigenvalue weighted by atomic mass is 32.1. The van der Waals surface area contributed by atoms with Crippen molar-refractivity contribution in [2.75, 3.05) is 12.0 Å². The number of ether oxygens (including phenoxy) is 1.